The minimum atomic E-state index is -2.67. The molecule has 0 radical (unpaired) electrons. The summed E-state index contributed by atoms with van der Waals surface area (Å²) in [5.74, 6) is -2.75. The summed E-state index contributed by atoms with van der Waals surface area (Å²) in [6.45, 7) is 5.42. The van der Waals surface area contributed by atoms with Crippen molar-refractivity contribution in [2.24, 2.45) is 10.9 Å². The van der Waals surface area contributed by atoms with Crippen molar-refractivity contribution in [1.29, 1.82) is 0 Å². The van der Waals surface area contributed by atoms with E-state index in [4.69, 9.17) is 9.73 Å². The molecule has 9 heteroatoms. The second kappa shape index (κ2) is 9.30. The molecule has 33 heavy (non-hydrogen) atoms. The number of ether oxygens (including phenoxy) is 1. The van der Waals surface area contributed by atoms with E-state index >= 15 is 0 Å². The third-order valence-corrected chi connectivity index (χ3v) is 6.80. The Bertz CT molecular complexity index is 931. The number of fused-ring (bicyclic) bond motifs is 1. The second-order valence-corrected chi connectivity index (χ2v) is 9.19. The number of alkyl halides is 2. The van der Waals surface area contributed by atoms with Gasteiger partial charge in [-0.25, -0.2) is 13.8 Å². The van der Waals surface area contributed by atoms with E-state index in [1.807, 2.05) is 12.4 Å². The highest BCUT2D eigenvalue weighted by Gasteiger charge is 2.42. The van der Waals surface area contributed by atoms with E-state index in [9.17, 15) is 8.78 Å². The molecule has 0 aromatic heterocycles. The van der Waals surface area contributed by atoms with E-state index in [-0.39, 0.29) is 31.2 Å². The van der Waals surface area contributed by atoms with Gasteiger partial charge in [-0.05, 0) is 25.1 Å². The van der Waals surface area contributed by atoms with E-state index in [1.54, 1.807) is 0 Å². The van der Waals surface area contributed by atoms with Gasteiger partial charge in [-0.1, -0.05) is 12.1 Å². The van der Waals surface area contributed by atoms with E-state index in [2.05, 4.69) is 63.4 Å². The molecule has 4 aliphatic heterocycles. The average Bonchev–Trinajstić information content (AvgIpc) is 2.83. The Hall–Kier alpha value is -2.65. The van der Waals surface area contributed by atoms with Crippen LogP contribution in [0, 0.1) is 5.92 Å². The van der Waals surface area contributed by atoms with Crippen molar-refractivity contribution in [3.05, 3.63) is 48.3 Å². The van der Waals surface area contributed by atoms with Gasteiger partial charge in [0, 0.05) is 62.8 Å². The number of piperidine rings is 1. The van der Waals surface area contributed by atoms with Crippen molar-refractivity contribution >= 4 is 17.2 Å². The van der Waals surface area contributed by atoms with E-state index in [0.29, 0.717) is 18.9 Å². The zero-order chi connectivity index (χ0) is 22.8. The van der Waals surface area contributed by atoms with Crippen molar-refractivity contribution < 1.29 is 13.5 Å². The minimum Gasteiger partial charge on any atom is -0.381 e. The number of halogens is 2. The predicted molar refractivity (Wildman–Crippen MR) is 126 cm³/mol. The molecule has 0 amide bonds. The van der Waals surface area contributed by atoms with Gasteiger partial charge in [-0.3, -0.25) is 0 Å². The highest BCUT2D eigenvalue weighted by Crippen LogP contribution is 2.30. The molecule has 0 bridgehead atoms. The molecule has 5 rings (SSSR count). The van der Waals surface area contributed by atoms with Crippen molar-refractivity contribution in [1.82, 2.24) is 21.3 Å². The summed E-state index contributed by atoms with van der Waals surface area (Å²) in [6.07, 6.45) is 5.88. The molecule has 0 spiro atoms. The lowest BCUT2D eigenvalue weighted by Crippen LogP contribution is -2.58. The molecule has 4 N–H and O–H groups in total. The normalized spacial score (nSPS) is 30.9. The Morgan fingerprint density at radius 2 is 2.03 bits per heavy atom. The maximum absolute atomic E-state index is 14.3. The smallest absolute Gasteiger partial charge is 0.255 e. The van der Waals surface area contributed by atoms with Gasteiger partial charge in [0.15, 0.2) is 0 Å². The predicted octanol–water partition coefficient (Wildman–Crippen LogP) is 1.90. The van der Waals surface area contributed by atoms with E-state index in [0.717, 1.165) is 36.6 Å². The molecule has 0 aliphatic carbocycles. The number of nitrogens with one attached hydrogen (secondary N) is 4. The monoisotopic (exact) mass is 458 g/mol. The van der Waals surface area contributed by atoms with Gasteiger partial charge < -0.3 is 30.9 Å². The van der Waals surface area contributed by atoms with Crippen molar-refractivity contribution in [3.8, 4) is 0 Å². The lowest BCUT2D eigenvalue weighted by Gasteiger charge is -2.36. The maximum Gasteiger partial charge on any atom is 0.255 e. The quantitative estimate of drug-likeness (QED) is 0.553. The molecular formula is C24H32F2N6O. The summed E-state index contributed by atoms with van der Waals surface area (Å²) in [6, 6.07) is 8.24. The van der Waals surface area contributed by atoms with Gasteiger partial charge in [0.1, 0.15) is 11.9 Å². The SMILES string of the molecule is C[C@@H]1CN(c2ccc(C3=CC4NC=CNC4C(NCC4CNCCC4(F)F)=N3)cc2)CCO1. The zero-order valence-corrected chi connectivity index (χ0v) is 18.9. The average molecular weight is 459 g/mol. The molecule has 4 aliphatic rings. The number of benzene rings is 1. The molecule has 4 atom stereocenters. The fraction of sp³-hybridized carbons (Fsp3) is 0.542. The molecule has 2 saturated heterocycles. The van der Waals surface area contributed by atoms with Crippen LogP contribution in [0.25, 0.3) is 5.70 Å². The fourth-order valence-electron chi connectivity index (χ4n) is 4.85. The number of hydrogen-bond donors (Lipinski definition) is 4. The van der Waals surface area contributed by atoms with Crippen LogP contribution >= 0.6 is 0 Å². The van der Waals surface area contributed by atoms with Gasteiger partial charge >= 0.3 is 0 Å². The van der Waals surface area contributed by atoms with E-state index in [1.165, 1.54) is 0 Å². The third kappa shape index (κ3) is 4.84. The standard InChI is InChI=1S/C24H32F2N6O/c1-16-15-32(10-11-33-16)19-4-2-17(3-5-19)20-12-21-22(29-9-8-28-21)23(31-20)30-14-18-13-27-7-6-24(18,25)26/h2-5,8-9,12,16,18,21-22,27-29H,6-7,10-11,13-15H2,1H3,(H,30,31)/t16-,18?,21?,22?/m1/s1. The fourth-order valence-corrected chi connectivity index (χ4v) is 4.85. The summed E-state index contributed by atoms with van der Waals surface area (Å²) in [5, 5.41) is 13.0. The number of anilines is 1. The van der Waals surface area contributed by atoms with Gasteiger partial charge in [-0.2, -0.15) is 0 Å². The second-order valence-electron chi connectivity index (χ2n) is 9.19. The zero-order valence-electron chi connectivity index (χ0n) is 18.9. The molecule has 2 fully saturated rings. The first-order valence-electron chi connectivity index (χ1n) is 11.8. The van der Waals surface area contributed by atoms with Crippen molar-refractivity contribution in [2.45, 2.75) is 37.5 Å². The number of nitrogens with zero attached hydrogens (tertiary/aromatic N) is 2. The number of hydrogen-bond acceptors (Lipinski definition) is 7. The van der Waals surface area contributed by atoms with Gasteiger partial charge in [0.2, 0.25) is 0 Å². The summed E-state index contributed by atoms with van der Waals surface area (Å²) < 4.78 is 34.3. The topological polar surface area (TPSA) is 73.0 Å². The largest absolute Gasteiger partial charge is 0.381 e. The number of aliphatic imine (C=N–C) groups is 1. The van der Waals surface area contributed by atoms with Gasteiger partial charge in [0.05, 0.1) is 30.4 Å². The summed E-state index contributed by atoms with van der Waals surface area (Å²) >= 11 is 0. The lowest BCUT2D eigenvalue weighted by atomic mass is 9.94. The van der Waals surface area contributed by atoms with Crippen molar-refractivity contribution in [3.63, 3.8) is 0 Å². The Kier molecular flexibility index (Phi) is 6.25. The summed E-state index contributed by atoms with van der Waals surface area (Å²) in [4.78, 5) is 7.18. The first kappa shape index (κ1) is 22.2. The highest BCUT2D eigenvalue weighted by molar-refractivity contribution is 5.95. The minimum absolute atomic E-state index is 0.0187. The van der Waals surface area contributed by atoms with Crippen LogP contribution in [-0.2, 0) is 4.74 Å². The third-order valence-electron chi connectivity index (χ3n) is 6.80. The van der Waals surface area contributed by atoms with Crippen LogP contribution in [0.15, 0.2) is 47.7 Å². The highest BCUT2D eigenvalue weighted by atomic mass is 19.3. The Balaban J connectivity index is 1.33. The molecule has 4 heterocycles. The first-order chi connectivity index (χ1) is 16.0. The summed E-state index contributed by atoms with van der Waals surface area (Å²) in [7, 11) is 0. The van der Waals surface area contributed by atoms with Crippen LogP contribution in [0.4, 0.5) is 14.5 Å². The Morgan fingerprint density at radius 1 is 1.21 bits per heavy atom. The molecule has 3 unspecified atom stereocenters. The number of rotatable bonds is 4. The van der Waals surface area contributed by atoms with Crippen LogP contribution in [0.3, 0.4) is 0 Å². The van der Waals surface area contributed by atoms with Crippen molar-refractivity contribution in [2.75, 3.05) is 44.2 Å². The lowest BCUT2D eigenvalue weighted by molar-refractivity contribution is -0.0756. The van der Waals surface area contributed by atoms with Crippen LogP contribution in [0.1, 0.15) is 18.9 Å². The van der Waals surface area contributed by atoms with Crippen LogP contribution in [0.2, 0.25) is 0 Å². The Morgan fingerprint density at radius 3 is 2.82 bits per heavy atom. The molecule has 0 saturated carbocycles. The molecule has 178 valence electrons. The summed E-state index contributed by atoms with van der Waals surface area (Å²) in [5.41, 5.74) is 3.00. The van der Waals surface area contributed by atoms with Gasteiger partial charge in [-0.15, -0.1) is 0 Å². The number of amidine groups is 1. The first-order valence-corrected chi connectivity index (χ1v) is 11.8. The molecular weight excluding hydrogens is 426 g/mol. The van der Waals surface area contributed by atoms with Crippen LogP contribution in [-0.4, -0.2) is 69.3 Å². The molecule has 7 nitrogen and oxygen atoms in total. The van der Waals surface area contributed by atoms with E-state index < -0.39 is 11.8 Å². The van der Waals surface area contributed by atoms with Crippen LogP contribution in [0.5, 0.6) is 0 Å². The van der Waals surface area contributed by atoms with Gasteiger partial charge in [0.25, 0.3) is 5.92 Å². The Labute approximate surface area is 193 Å². The number of morpholine rings is 1. The molecule has 1 aromatic carbocycles. The molecule has 1 aromatic rings. The van der Waals surface area contributed by atoms with Crippen LogP contribution < -0.4 is 26.2 Å². The maximum atomic E-state index is 14.3.